The first-order valence-electron chi connectivity index (χ1n) is 9.63. The van der Waals surface area contributed by atoms with Gasteiger partial charge in [0.05, 0.1) is 31.6 Å². The van der Waals surface area contributed by atoms with Crippen LogP contribution in [0.1, 0.15) is 18.4 Å². The molecule has 3 heterocycles. The van der Waals surface area contributed by atoms with Crippen molar-refractivity contribution in [1.82, 2.24) is 9.21 Å². The first kappa shape index (κ1) is 19.1. The van der Waals surface area contributed by atoms with Crippen LogP contribution in [0.2, 0.25) is 0 Å². The van der Waals surface area contributed by atoms with E-state index in [4.69, 9.17) is 14.2 Å². The van der Waals surface area contributed by atoms with Crippen LogP contribution in [-0.2, 0) is 26.0 Å². The molecule has 3 aliphatic rings. The Morgan fingerprint density at radius 2 is 1.85 bits per heavy atom. The molecule has 27 heavy (non-hydrogen) atoms. The molecule has 0 spiro atoms. The summed E-state index contributed by atoms with van der Waals surface area (Å²) in [5, 5.41) is 0. The molecule has 0 N–H and O–H groups in total. The molecule has 3 aliphatic heterocycles. The molecule has 0 aliphatic carbocycles. The van der Waals surface area contributed by atoms with E-state index in [1.54, 1.807) is 11.4 Å². The highest BCUT2D eigenvalue weighted by Gasteiger charge is 2.45. The Labute approximate surface area is 161 Å². The predicted molar refractivity (Wildman–Crippen MR) is 101 cm³/mol. The molecule has 8 heteroatoms. The molecular weight excluding hydrogens is 368 g/mol. The summed E-state index contributed by atoms with van der Waals surface area (Å²) < 4.78 is 44.2. The summed E-state index contributed by atoms with van der Waals surface area (Å²) in [6.07, 6.45) is 1.94. The number of methoxy groups -OCH3 is 1. The third-order valence-corrected chi connectivity index (χ3v) is 7.67. The van der Waals surface area contributed by atoms with Gasteiger partial charge in [-0.3, -0.25) is 4.90 Å². The number of fused-ring (bicyclic) bond motifs is 1. The fourth-order valence-corrected chi connectivity index (χ4v) is 5.83. The molecule has 150 valence electrons. The van der Waals surface area contributed by atoms with Crippen LogP contribution in [0.15, 0.2) is 24.3 Å². The maximum Gasteiger partial charge on any atom is 0.217 e. The fourth-order valence-electron chi connectivity index (χ4n) is 4.33. The molecule has 0 amide bonds. The topological polar surface area (TPSA) is 68.3 Å². The fraction of sp³-hybridized carbons (Fsp3) is 0.684. The van der Waals surface area contributed by atoms with Crippen LogP contribution in [-0.4, -0.2) is 81.6 Å². The lowest BCUT2D eigenvalue weighted by Gasteiger charge is -2.32. The quantitative estimate of drug-likeness (QED) is 0.759. The van der Waals surface area contributed by atoms with E-state index < -0.39 is 10.0 Å². The van der Waals surface area contributed by atoms with Gasteiger partial charge < -0.3 is 14.2 Å². The maximum absolute atomic E-state index is 12.9. The largest absolute Gasteiger partial charge is 0.497 e. The zero-order valence-corrected chi connectivity index (χ0v) is 16.6. The zero-order chi connectivity index (χ0) is 18.9. The number of rotatable bonds is 4. The van der Waals surface area contributed by atoms with Crippen LogP contribution in [0, 0.1) is 0 Å². The maximum atomic E-state index is 12.9. The van der Waals surface area contributed by atoms with Crippen molar-refractivity contribution in [2.75, 3.05) is 45.8 Å². The van der Waals surface area contributed by atoms with E-state index in [9.17, 15) is 8.42 Å². The second kappa shape index (κ2) is 8.05. The van der Waals surface area contributed by atoms with Crippen molar-refractivity contribution in [3.8, 4) is 5.75 Å². The summed E-state index contributed by atoms with van der Waals surface area (Å²) in [4.78, 5) is 2.40. The normalized spacial score (nSPS) is 30.0. The first-order chi connectivity index (χ1) is 13.1. The number of nitrogens with zero attached hydrogens (tertiary/aromatic N) is 2. The second-order valence-electron chi connectivity index (χ2n) is 7.48. The Bertz CT molecular complexity index is 733. The lowest BCUT2D eigenvalue weighted by Crippen LogP contribution is -2.46. The van der Waals surface area contributed by atoms with Crippen molar-refractivity contribution in [2.24, 2.45) is 0 Å². The lowest BCUT2D eigenvalue weighted by molar-refractivity contribution is 0.0257. The van der Waals surface area contributed by atoms with Gasteiger partial charge in [0.25, 0.3) is 0 Å². The second-order valence-corrected chi connectivity index (χ2v) is 9.52. The summed E-state index contributed by atoms with van der Waals surface area (Å²) in [6, 6.07) is 7.93. The van der Waals surface area contributed by atoms with Gasteiger partial charge in [0.1, 0.15) is 5.75 Å². The average Bonchev–Trinajstić information content (AvgIpc) is 3.06. The van der Waals surface area contributed by atoms with E-state index in [-0.39, 0.29) is 24.5 Å². The summed E-state index contributed by atoms with van der Waals surface area (Å²) in [5.41, 5.74) is 0.963. The molecule has 4 rings (SSSR count). The monoisotopic (exact) mass is 396 g/mol. The van der Waals surface area contributed by atoms with Crippen LogP contribution in [0.4, 0.5) is 0 Å². The van der Waals surface area contributed by atoms with Crippen LogP contribution < -0.4 is 4.74 Å². The van der Waals surface area contributed by atoms with Crippen molar-refractivity contribution in [3.05, 3.63) is 29.8 Å². The summed E-state index contributed by atoms with van der Waals surface area (Å²) in [7, 11) is -1.73. The molecule has 2 atom stereocenters. The van der Waals surface area contributed by atoms with Gasteiger partial charge in [-0.05, 0) is 30.5 Å². The lowest BCUT2D eigenvalue weighted by atomic mass is 10.1. The van der Waals surface area contributed by atoms with Crippen molar-refractivity contribution >= 4 is 10.0 Å². The van der Waals surface area contributed by atoms with Gasteiger partial charge in [-0.1, -0.05) is 12.1 Å². The minimum Gasteiger partial charge on any atom is -0.497 e. The third kappa shape index (κ3) is 4.14. The Kier molecular flexibility index (Phi) is 5.70. The van der Waals surface area contributed by atoms with Crippen LogP contribution in [0.3, 0.4) is 0 Å². The minimum absolute atomic E-state index is 0.0490. The van der Waals surface area contributed by atoms with Gasteiger partial charge >= 0.3 is 0 Å². The van der Waals surface area contributed by atoms with Crippen molar-refractivity contribution in [1.29, 1.82) is 0 Å². The van der Waals surface area contributed by atoms with E-state index in [2.05, 4.69) is 4.90 Å². The summed E-state index contributed by atoms with van der Waals surface area (Å²) in [6.45, 7) is 3.73. The molecule has 0 bridgehead atoms. The first-order valence-corrected chi connectivity index (χ1v) is 11.2. The smallest absolute Gasteiger partial charge is 0.217 e. The molecule has 3 fully saturated rings. The molecule has 1 aromatic rings. The van der Waals surface area contributed by atoms with Gasteiger partial charge in [-0.2, -0.15) is 4.31 Å². The number of hydrogen-bond donors (Lipinski definition) is 0. The van der Waals surface area contributed by atoms with Crippen LogP contribution in [0.25, 0.3) is 0 Å². The van der Waals surface area contributed by atoms with E-state index in [0.29, 0.717) is 12.6 Å². The highest BCUT2D eigenvalue weighted by molar-refractivity contribution is 7.89. The van der Waals surface area contributed by atoms with E-state index in [0.717, 1.165) is 50.5 Å². The molecule has 1 aromatic carbocycles. The standard InChI is InChI=1S/C19H28N2O5S/c1-24-17-4-2-15(3-5-17)12-21-18-13-20(16-6-8-25-9-7-16)14-19(18)26-10-11-27(21,22)23/h2-5,16,18-19H,6-14H2,1H3/t18-,19+/m1/s1. The molecule has 0 aromatic heterocycles. The van der Waals surface area contributed by atoms with Crippen molar-refractivity contribution in [3.63, 3.8) is 0 Å². The Morgan fingerprint density at radius 3 is 2.56 bits per heavy atom. The van der Waals surface area contributed by atoms with Gasteiger partial charge in [0.15, 0.2) is 0 Å². The third-order valence-electron chi connectivity index (χ3n) is 5.87. The Morgan fingerprint density at radius 1 is 1.11 bits per heavy atom. The van der Waals surface area contributed by atoms with Gasteiger partial charge in [-0.15, -0.1) is 0 Å². The van der Waals surface area contributed by atoms with Crippen LogP contribution in [0.5, 0.6) is 5.75 Å². The number of sulfonamides is 1. The molecule has 7 nitrogen and oxygen atoms in total. The average molecular weight is 397 g/mol. The highest BCUT2D eigenvalue weighted by Crippen LogP contribution is 2.30. The highest BCUT2D eigenvalue weighted by atomic mass is 32.2. The Hall–Kier alpha value is -1.19. The molecule has 0 saturated carbocycles. The number of likely N-dealkylation sites (tertiary alicyclic amines) is 1. The molecule has 3 saturated heterocycles. The van der Waals surface area contributed by atoms with E-state index in [1.807, 2.05) is 24.3 Å². The van der Waals surface area contributed by atoms with E-state index >= 15 is 0 Å². The molecule has 0 unspecified atom stereocenters. The van der Waals surface area contributed by atoms with Gasteiger partial charge in [-0.25, -0.2) is 8.42 Å². The Balaban J connectivity index is 1.54. The predicted octanol–water partition coefficient (Wildman–Crippen LogP) is 1.09. The zero-order valence-electron chi connectivity index (χ0n) is 15.7. The van der Waals surface area contributed by atoms with Crippen molar-refractivity contribution < 1.29 is 22.6 Å². The SMILES string of the molecule is COc1ccc(CN2[C@@H]3CN(C4CCOCC4)C[C@@H]3OCCS2(=O)=O)cc1. The number of benzene rings is 1. The van der Waals surface area contributed by atoms with E-state index in [1.165, 1.54) is 0 Å². The van der Waals surface area contributed by atoms with Crippen molar-refractivity contribution in [2.45, 2.75) is 37.6 Å². The summed E-state index contributed by atoms with van der Waals surface area (Å²) in [5.74, 6) is 0.818. The van der Waals surface area contributed by atoms with Gasteiger partial charge in [0.2, 0.25) is 10.0 Å². The number of ether oxygens (including phenoxy) is 3. The number of hydrogen-bond acceptors (Lipinski definition) is 6. The molecular formula is C19H28N2O5S. The summed E-state index contributed by atoms with van der Waals surface area (Å²) >= 11 is 0. The van der Waals surface area contributed by atoms with Crippen LogP contribution >= 0.6 is 0 Å². The molecule has 0 radical (unpaired) electrons. The minimum atomic E-state index is -3.36. The van der Waals surface area contributed by atoms with Gasteiger partial charge in [0, 0.05) is 38.9 Å².